The maximum atomic E-state index is 15.8. The largest absolute Gasteiger partial charge is 0.465 e. The Bertz CT molecular complexity index is 1260. The van der Waals surface area contributed by atoms with Gasteiger partial charge >= 0.3 is 12.1 Å². The van der Waals surface area contributed by atoms with Crippen LogP contribution in [0.15, 0.2) is 10.5 Å². The molecule has 2 aromatic rings. The van der Waals surface area contributed by atoms with Gasteiger partial charge in [0, 0.05) is 31.4 Å². The number of hydrogen-bond acceptors (Lipinski definition) is 6. The molecule has 7 rings (SSSR count). The standard InChI is InChI=1S/C26H30BrF2N5O3/c27-20-18(14-2-3-14)8-19-22(21(20)29)30-24(37-13-26-6-1-7-33(26)10-15(28)9-26)31-23(19)32-11-16-4-5-17(12-32)34(16)25(35)36/h8,14-17H,1-7,9-13H2,(H,35,36)/t15-,16-,17+,26+/m1/s1. The third-order valence-electron chi connectivity index (χ3n) is 9.11. The van der Waals surface area contributed by atoms with E-state index in [-0.39, 0.29) is 35.8 Å². The summed E-state index contributed by atoms with van der Waals surface area (Å²) in [4.78, 5) is 27.0. The van der Waals surface area contributed by atoms with Gasteiger partial charge in [0.1, 0.15) is 24.1 Å². The fraction of sp³-hybridized carbons (Fsp3) is 0.654. The molecule has 2 bridgehead atoms. The van der Waals surface area contributed by atoms with Crippen LogP contribution in [0.25, 0.3) is 10.9 Å². The van der Waals surface area contributed by atoms with Gasteiger partial charge in [-0.1, -0.05) is 0 Å². The van der Waals surface area contributed by atoms with Gasteiger partial charge in [-0.2, -0.15) is 9.97 Å². The van der Waals surface area contributed by atoms with Crippen LogP contribution in [0.1, 0.15) is 56.4 Å². The summed E-state index contributed by atoms with van der Waals surface area (Å²) in [7, 11) is 0. The summed E-state index contributed by atoms with van der Waals surface area (Å²) < 4.78 is 36.6. The number of amides is 1. The summed E-state index contributed by atoms with van der Waals surface area (Å²) in [6.07, 6.45) is 4.18. The molecule has 0 spiro atoms. The molecule has 37 heavy (non-hydrogen) atoms. The Morgan fingerprint density at radius 2 is 1.95 bits per heavy atom. The van der Waals surface area contributed by atoms with Gasteiger partial charge in [-0.25, -0.2) is 13.6 Å². The number of ether oxygens (including phenoxy) is 1. The lowest BCUT2D eigenvalue weighted by molar-refractivity contribution is 0.107. The van der Waals surface area contributed by atoms with E-state index in [0.717, 1.165) is 50.6 Å². The number of fused-ring (bicyclic) bond motifs is 4. The SMILES string of the molecule is O=C(O)N1[C@@H]2CC[C@H]1CN(c1nc(OC[C@@]34CCCN3C[C@H](F)C4)nc3c(F)c(Br)c(C4CC4)cc13)C2. The second-order valence-corrected chi connectivity index (χ2v) is 12.2. The predicted molar refractivity (Wildman–Crippen MR) is 137 cm³/mol. The predicted octanol–water partition coefficient (Wildman–Crippen LogP) is 4.70. The normalized spacial score (nSPS) is 31.4. The number of alkyl halides is 1. The van der Waals surface area contributed by atoms with Crippen LogP contribution in [0.5, 0.6) is 6.01 Å². The highest BCUT2D eigenvalue weighted by Crippen LogP contribution is 2.47. The highest BCUT2D eigenvalue weighted by atomic mass is 79.9. The van der Waals surface area contributed by atoms with E-state index in [1.807, 2.05) is 6.07 Å². The number of hydrogen-bond donors (Lipinski definition) is 1. The summed E-state index contributed by atoms with van der Waals surface area (Å²) in [5.74, 6) is 0.483. The van der Waals surface area contributed by atoms with Gasteiger partial charge in [-0.3, -0.25) is 9.80 Å². The fourth-order valence-corrected chi connectivity index (χ4v) is 7.85. The van der Waals surface area contributed by atoms with Crippen LogP contribution >= 0.6 is 15.9 Å². The molecule has 0 unspecified atom stereocenters. The van der Waals surface area contributed by atoms with Crippen molar-refractivity contribution in [2.75, 3.05) is 37.7 Å². The topological polar surface area (TPSA) is 82.0 Å². The Kier molecular flexibility index (Phi) is 5.55. The van der Waals surface area contributed by atoms with Crippen molar-refractivity contribution >= 4 is 38.7 Å². The van der Waals surface area contributed by atoms with Gasteiger partial charge in [-0.05, 0) is 78.5 Å². The van der Waals surface area contributed by atoms with Crippen LogP contribution in [0.2, 0.25) is 0 Å². The van der Waals surface area contributed by atoms with Crippen molar-refractivity contribution in [3.05, 3.63) is 21.9 Å². The third-order valence-corrected chi connectivity index (χ3v) is 9.92. The molecule has 11 heteroatoms. The molecule has 4 atom stereocenters. The molecule has 1 N–H and O–H groups in total. The minimum atomic E-state index is -0.891. The minimum Gasteiger partial charge on any atom is -0.465 e. The summed E-state index contributed by atoms with van der Waals surface area (Å²) in [6, 6.07) is 1.83. The lowest BCUT2D eigenvalue weighted by Crippen LogP contribution is -2.55. The van der Waals surface area contributed by atoms with Crippen molar-refractivity contribution in [1.82, 2.24) is 19.8 Å². The van der Waals surface area contributed by atoms with Gasteiger partial charge < -0.3 is 14.7 Å². The minimum absolute atomic E-state index is 0.0871. The number of rotatable bonds is 5. The van der Waals surface area contributed by atoms with Gasteiger partial charge in [0.2, 0.25) is 0 Å². The van der Waals surface area contributed by atoms with Crippen LogP contribution < -0.4 is 9.64 Å². The van der Waals surface area contributed by atoms with Crippen LogP contribution in [-0.2, 0) is 0 Å². The Labute approximate surface area is 222 Å². The first-order valence-corrected chi connectivity index (χ1v) is 14.1. The molecule has 1 aromatic carbocycles. The maximum absolute atomic E-state index is 15.8. The first-order chi connectivity index (χ1) is 17.8. The van der Waals surface area contributed by atoms with Gasteiger partial charge in [0.25, 0.3) is 0 Å². The molecule has 0 radical (unpaired) electrons. The Morgan fingerprint density at radius 3 is 2.65 bits per heavy atom. The van der Waals surface area contributed by atoms with E-state index in [0.29, 0.717) is 47.6 Å². The molecule has 8 nitrogen and oxygen atoms in total. The third kappa shape index (κ3) is 3.87. The van der Waals surface area contributed by atoms with Crippen molar-refractivity contribution in [3.63, 3.8) is 0 Å². The van der Waals surface area contributed by atoms with Crippen LogP contribution in [-0.4, -0.2) is 87.5 Å². The molecule has 4 saturated heterocycles. The van der Waals surface area contributed by atoms with E-state index >= 15 is 4.39 Å². The number of anilines is 1. The molecule has 5 aliphatic rings. The molecule has 1 saturated carbocycles. The smallest absolute Gasteiger partial charge is 0.407 e. The van der Waals surface area contributed by atoms with E-state index in [4.69, 9.17) is 9.72 Å². The summed E-state index contributed by atoms with van der Waals surface area (Å²) >= 11 is 3.47. The maximum Gasteiger partial charge on any atom is 0.407 e. The van der Waals surface area contributed by atoms with Crippen LogP contribution in [0.4, 0.5) is 19.4 Å². The lowest BCUT2D eigenvalue weighted by Gasteiger charge is -2.40. The molecule has 198 valence electrons. The highest BCUT2D eigenvalue weighted by Gasteiger charge is 2.49. The second-order valence-electron chi connectivity index (χ2n) is 11.4. The highest BCUT2D eigenvalue weighted by molar-refractivity contribution is 9.10. The zero-order valence-electron chi connectivity index (χ0n) is 20.5. The van der Waals surface area contributed by atoms with E-state index in [2.05, 4.69) is 30.7 Å². The molecular formula is C26H30BrF2N5O3. The van der Waals surface area contributed by atoms with Crippen LogP contribution in [0, 0.1) is 5.82 Å². The Balaban J connectivity index is 1.27. The molecule has 5 heterocycles. The van der Waals surface area contributed by atoms with Crippen molar-refractivity contribution in [3.8, 4) is 6.01 Å². The van der Waals surface area contributed by atoms with E-state index in [1.54, 1.807) is 4.90 Å². The number of halogens is 3. The molecule has 1 aliphatic carbocycles. The average molecular weight is 578 g/mol. The molecule has 1 aromatic heterocycles. The van der Waals surface area contributed by atoms with Gasteiger partial charge in [0.15, 0.2) is 5.82 Å². The summed E-state index contributed by atoms with van der Waals surface area (Å²) in [5.41, 5.74) is 0.759. The molecule has 4 aliphatic heterocycles. The Hall–Kier alpha value is -2.27. The quantitative estimate of drug-likeness (QED) is 0.551. The summed E-state index contributed by atoms with van der Waals surface area (Å²) in [5, 5.41) is 10.3. The fourth-order valence-electron chi connectivity index (χ4n) is 7.22. The zero-order chi connectivity index (χ0) is 25.5. The van der Waals surface area contributed by atoms with Gasteiger partial charge in [-0.15, -0.1) is 0 Å². The number of benzene rings is 1. The first kappa shape index (κ1) is 23.8. The number of nitrogens with zero attached hydrogens (tertiary/aromatic N) is 5. The number of aromatic nitrogens is 2. The van der Waals surface area contributed by atoms with Crippen molar-refractivity contribution in [2.45, 2.75) is 74.7 Å². The zero-order valence-corrected chi connectivity index (χ0v) is 22.1. The van der Waals surface area contributed by atoms with Gasteiger partial charge in [0.05, 0.1) is 22.1 Å². The van der Waals surface area contributed by atoms with Crippen LogP contribution in [0.3, 0.4) is 0 Å². The molecule has 1 amide bonds. The summed E-state index contributed by atoms with van der Waals surface area (Å²) in [6.45, 7) is 2.53. The number of carbonyl (C=O) groups is 1. The van der Waals surface area contributed by atoms with E-state index in [1.165, 1.54) is 0 Å². The van der Waals surface area contributed by atoms with Crippen molar-refractivity contribution < 1.29 is 23.4 Å². The second kappa shape index (κ2) is 8.62. The number of carboxylic acid groups (broad SMARTS) is 1. The number of piperazine rings is 1. The van der Waals surface area contributed by atoms with Crippen molar-refractivity contribution in [2.24, 2.45) is 0 Å². The average Bonchev–Trinajstić information content (AvgIpc) is 3.49. The van der Waals surface area contributed by atoms with Crippen molar-refractivity contribution in [1.29, 1.82) is 0 Å². The molecular weight excluding hydrogens is 548 g/mol. The van der Waals surface area contributed by atoms with E-state index < -0.39 is 18.1 Å². The monoisotopic (exact) mass is 577 g/mol. The molecule has 5 fully saturated rings. The lowest BCUT2D eigenvalue weighted by atomic mass is 9.95. The Morgan fingerprint density at radius 1 is 1.19 bits per heavy atom. The first-order valence-electron chi connectivity index (χ1n) is 13.3. The van der Waals surface area contributed by atoms with E-state index in [9.17, 15) is 14.3 Å².